The van der Waals surface area contributed by atoms with Crippen LogP contribution in [0.2, 0.25) is 0 Å². The molecule has 7 heteroatoms. The molecule has 0 aromatic carbocycles. The number of esters is 1. The first-order chi connectivity index (χ1) is 7.85. The zero-order chi connectivity index (χ0) is 13.3. The first-order valence-corrected chi connectivity index (χ1v) is 7.12. The van der Waals surface area contributed by atoms with Crippen molar-refractivity contribution in [2.45, 2.75) is 39.5 Å². The molecule has 0 spiro atoms. The van der Waals surface area contributed by atoms with Crippen LogP contribution in [0.4, 0.5) is 0 Å². The van der Waals surface area contributed by atoms with E-state index in [4.69, 9.17) is 9.88 Å². The van der Waals surface area contributed by atoms with Crippen LogP contribution in [0.5, 0.6) is 0 Å². The van der Waals surface area contributed by atoms with Crippen molar-refractivity contribution >= 4 is 16.3 Å². The third-order valence-electron chi connectivity index (χ3n) is 2.21. The molecule has 102 valence electrons. The highest BCUT2D eigenvalue weighted by molar-refractivity contribution is 7.84. The second-order valence-corrected chi connectivity index (χ2v) is 5.16. The van der Waals surface area contributed by atoms with E-state index in [1.807, 2.05) is 0 Å². The van der Waals surface area contributed by atoms with Gasteiger partial charge in [0.05, 0.1) is 13.2 Å². The number of hydrogen-bond acceptors (Lipinski definition) is 5. The smallest absolute Gasteiger partial charge is 0.333 e. The van der Waals surface area contributed by atoms with Gasteiger partial charge in [-0.15, -0.1) is 0 Å². The highest BCUT2D eigenvalue weighted by Crippen LogP contribution is 2.12. The molecule has 0 saturated carbocycles. The van der Waals surface area contributed by atoms with Crippen molar-refractivity contribution in [3.63, 3.8) is 0 Å². The molecule has 0 fully saturated rings. The molecule has 0 saturated heterocycles. The van der Waals surface area contributed by atoms with Crippen LogP contribution in [0.1, 0.15) is 39.5 Å². The lowest BCUT2D eigenvalue weighted by molar-refractivity contribution is -0.142. The third kappa shape index (κ3) is 11.6. The van der Waals surface area contributed by atoms with E-state index >= 15 is 0 Å². The van der Waals surface area contributed by atoms with Gasteiger partial charge >= 0.3 is 16.3 Å². The van der Waals surface area contributed by atoms with Crippen LogP contribution in [0.25, 0.3) is 0 Å². The van der Waals surface area contributed by atoms with Gasteiger partial charge in [0, 0.05) is 12.8 Å². The third-order valence-corrected chi connectivity index (χ3v) is 2.67. The van der Waals surface area contributed by atoms with Crippen molar-refractivity contribution in [3.8, 4) is 0 Å². The van der Waals surface area contributed by atoms with E-state index < -0.39 is 10.3 Å². The van der Waals surface area contributed by atoms with Crippen LogP contribution in [-0.4, -0.2) is 27.6 Å². The van der Waals surface area contributed by atoms with Gasteiger partial charge < -0.3 is 4.74 Å². The minimum absolute atomic E-state index is 0.0458. The molecule has 0 aromatic rings. The van der Waals surface area contributed by atoms with Crippen molar-refractivity contribution in [3.05, 3.63) is 0 Å². The molecule has 0 heterocycles. The topological polar surface area (TPSA) is 95.7 Å². The van der Waals surface area contributed by atoms with Gasteiger partial charge in [-0.1, -0.05) is 26.2 Å². The lowest BCUT2D eigenvalue weighted by atomic mass is 10.0. The van der Waals surface area contributed by atoms with E-state index in [9.17, 15) is 13.2 Å². The average molecular weight is 267 g/mol. The molecule has 2 N–H and O–H groups in total. The van der Waals surface area contributed by atoms with Crippen LogP contribution in [0, 0.1) is 5.92 Å². The van der Waals surface area contributed by atoms with Crippen molar-refractivity contribution in [2.75, 3.05) is 13.2 Å². The van der Waals surface area contributed by atoms with Crippen molar-refractivity contribution in [1.82, 2.24) is 0 Å². The summed E-state index contributed by atoms with van der Waals surface area (Å²) in [6, 6.07) is 0. The minimum Gasteiger partial charge on any atom is -0.465 e. The molecule has 0 aliphatic carbocycles. The second-order valence-electron chi connectivity index (χ2n) is 3.94. The van der Waals surface area contributed by atoms with Gasteiger partial charge in [0.2, 0.25) is 0 Å². The highest BCUT2D eigenvalue weighted by atomic mass is 32.2. The summed E-state index contributed by atoms with van der Waals surface area (Å²) in [5, 5.41) is 4.74. The van der Waals surface area contributed by atoms with E-state index in [1.54, 1.807) is 0 Å². The van der Waals surface area contributed by atoms with Crippen molar-refractivity contribution in [1.29, 1.82) is 0 Å². The molecule has 0 bridgehead atoms. The molecule has 1 unspecified atom stereocenters. The summed E-state index contributed by atoms with van der Waals surface area (Å²) in [6.07, 6.45) is 3.80. The van der Waals surface area contributed by atoms with Crippen molar-refractivity contribution in [2.24, 2.45) is 11.1 Å². The van der Waals surface area contributed by atoms with E-state index in [0.29, 0.717) is 0 Å². The summed E-state index contributed by atoms with van der Waals surface area (Å²) >= 11 is 0. The Balaban J connectivity index is 4.05. The lowest BCUT2D eigenvalue weighted by Gasteiger charge is -2.15. The fraction of sp³-hybridized carbons (Fsp3) is 0.900. The largest absolute Gasteiger partial charge is 0.465 e. The number of carbonyl (C=O) groups is 1. The minimum atomic E-state index is -3.93. The molecule has 0 aromatic heterocycles. The van der Waals surface area contributed by atoms with Crippen LogP contribution in [-0.2, 0) is 24.0 Å². The molecule has 0 rings (SSSR count). The second kappa shape index (κ2) is 8.43. The first-order valence-electron chi connectivity index (χ1n) is 5.65. The Morgan fingerprint density at radius 2 is 1.94 bits per heavy atom. The summed E-state index contributed by atoms with van der Waals surface area (Å²) < 4.78 is 30.7. The molecular weight excluding hydrogens is 246 g/mol. The summed E-state index contributed by atoms with van der Waals surface area (Å²) in [6.45, 7) is 3.50. The van der Waals surface area contributed by atoms with Gasteiger partial charge in [0.15, 0.2) is 0 Å². The van der Waals surface area contributed by atoms with E-state index in [2.05, 4.69) is 11.1 Å². The zero-order valence-electron chi connectivity index (χ0n) is 10.3. The fourth-order valence-electron chi connectivity index (χ4n) is 1.32. The lowest BCUT2D eigenvalue weighted by Crippen LogP contribution is -2.24. The van der Waals surface area contributed by atoms with Gasteiger partial charge in [-0.2, -0.15) is 8.42 Å². The Morgan fingerprint density at radius 3 is 2.41 bits per heavy atom. The standard InChI is InChI=1S/C10H21NO5S/c1-3-4-5-6-10(7-15-9(2)12)8-16-17(11,13)14/h10H,3-8H2,1-2H3,(H2,11,13,14). The predicted octanol–water partition coefficient (Wildman–Crippen LogP) is 0.966. The first kappa shape index (κ1) is 16.3. The average Bonchev–Trinajstić information content (AvgIpc) is 2.20. The number of ether oxygens (including phenoxy) is 1. The summed E-state index contributed by atoms with van der Waals surface area (Å²) in [7, 11) is -3.93. The number of rotatable bonds is 9. The molecular formula is C10H21NO5S. The maximum absolute atomic E-state index is 10.7. The van der Waals surface area contributed by atoms with Crippen LogP contribution >= 0.6 is 0 Å². The zero-order valence-corrected chi connectivity index (χ0v) is 11.2. The molecule has 0 aliphatic rings. The number of nitrogens with two attached hydrogens (primary N) is 1. The Bertz CT molecular complexity index is 315. The van der Waals surface area contributed by atoms with Gasteiger partial charge in [-0.05, 0) is 6.42 Å². The summed E-state index contributed by atoms with van der Waals surface area (Å²) in [5.74, 6) is -0.523. The van der Waals surface area contributed by atoms with Gasteiger partial charge in [0.25, 0.3) is 0 Å². The molecule has 0 amide bonds. The summed E-state index contributed by atoms with van der Waals surface area (Å²) in [4.78, 5) is 10.7. The van der Waals surface area contributed by atoms with E-state index in [1.165, 1.54) is 6.92 Å². The highest BCUT2D eigenvalue weighted by Gasteiger charge is 2.14. The number of hydrogen-bond donors (Lipinski definition) is 1. The van der Waals surface area contributed by atoms with Crippen LogP contribution < -0.4 is 5.14 Å². The monoisotopic (exact) mass is 267 g/mol. The van der Waals surface area contributed by atoms with E-state index in [-0.39, 0.29) is 25.1 Å². The van der Waals surface area contributed by atoms with E-state index in [0.717, 1.165) is 25.7 Å². The molecule has 0 radical (unpaired) electrons. The Labute approximate surface area is 103 Å². The maximum Gasteiger partial charge on any atom is 0.333 e. The quantitative estimate of drug-likeness (QED) is 0.496. The number of unbranched alkanes of at least 4 members (excludes halogenated alkanes) is 2. The summed E-state index contributed by atoms with van der Waals surface area (Å²) in [5.41, 5.74) is 0. The normalized spacial score (nSPS) is 13.4. The molecule has 6 nitrogen and oxygen atoms in total. The van der Waals surface area contributed by atoms with Crippen molar-refractivity contribution < 1.29 is 22.1 Å². The fourth-order valence-corrected chi connectivity index (χ4v) is 1.71. The maximum atomic E-state index is 10.7. The molecule has 0 aliphatic heterocycles. The SMILES string of the molecule is CCCCCC(COC(C)=O)COS(N)(=O)=O. The molecule has 17 heavy (non-hydrogen) atoms. The Hall–Kier alpha value is -0.660. The van der Waals surface area contributed by atoms with Gasteiger partial charge in [-0.25, -0.2) is 5.14 Å². The number of carbonyl (C=O) groups excluding carboxylic acids is 1. The Morgan fingerprint density at radius 1 is 1.29 bits per heavy atom. The van der Waals surface area contributed by atoms with Crippen LogP contribution in [0.15, 0.2) is 0 Å². The van der Waals surface area contributed by atoms with Gasteiger partial charge in [0.1, 0.15) is 0 Å². The molecule has 1 atom stereocenters. The predicted molar refractivity (Wildman–Crippen MR) is 63.3 cm³/mol. The van der Waals surface area contributed by atoms with Crippen LogP contribution in [0.3, 0.4) is 0 Å². The van der Waals surface area contributed by atoms with Gasteiger partial charge in [-0.3, -0.25) is 8.98 Å². The Kier molecular flexibility index (Phi) is 8.11.